The molecule has 1 heterocycles. The van der Waals surface area contributed by atoms with Crippen molar-refractivity contribution in [2.75, 3.05) is 47.0 Å². The molecule has 186 valence electrons. The Kier molecular flexibility index (Phi) is 11.0. The number of methoxy groups -OCH3 is 2. The van der Waals surface area contributed by atoms with E-state index in [2.05, 4.69) is 33.0 Å². The zero-order valence-corrected chi connectivity index (χ0v) is 22.4. The smallest absolute Gasteiger partial charge is 0.219 e. The van der Waals surface area contributed by atoms with E-state index in [0.717, 1.165) is 43.4 Å². The molecule has 1 aromatic carbocycles. The summed E-state index contributed by atoms with van der Waals surface area (Å²) in [5, 5.41) is 0. The first-order chi connectivity index (χ1) is 16.0. The largest absolute Gasteiger partial charge is 0.497 e. The molecular formula is C27H43BrN2O3. The van der Waals surface area contributed by atoms with Crippen LogP contribution in [0.2, 0.25) is 0 Å². The van der Waals surface area contributed by atoms with E-state index >= 15 is 0 Å². The number of carbonyl (C=O) groups excluding carboxylic acids is 1. The highest BCUT2D eigenvalue weighted by Crippen LogP contribution is 2.32. The Bertz CT molecular complexity index is 728. The van der Waals surface area contributed by atoms with Crippen molar-refractivity contribution in [2.45, 2.75) is 70.8 Å². The summed E-state index contributed by atoms with van der Waals surface area (Å²) < 4.78 is 11.8. The molecule has 2 aliphatic rings. The van der Waals surface area contributed by atoms with E-state index in [1.54, 1.807) is 21.1 Å². The first-order valence-electron chi connectivity index (χ1n) is 12.8. The maximum atomic E-state index is 12.0. The van der Waals surface area contributed by atoms with E-state index in [1.807, 2.05) is 11.0 Å². The third-order valence-corrected chi connectivity index (χ3v) is 8.53. The van der Waals surface area contributed by atoms with E-state index in [9.17, 15) is 4.79 Å². The average molecular weight is 524 g/mol. The summed E-state index contributed by atoms with van der Waals surface area (Å²) in [5.74, 6) is 2.74. The van der Waals surface area contributed by atoms with E-state index in [1.165, 1.54) is 68.2 Å². The predicted octanol–water partition coefficient (Wildman–Crippen LogP) is 5.55. The number of amides is 1. The molecule has 1 aromatic rings. The molecule has 1 saturated heterocycles. The van der Waals surface area contributed by atoms with Gasteiger partial charge >= 0.3 is 0 Å². The minimum atomic E-state index is 0.192. The van der Waals surface area contributed by atoms with Gasteiger partial charge in [0.1, 0.15) is 5.75 Å². The van der Waals surface area contributed by atoms with Crippen molar-refractivity contribution < 1.29 is 14.3 Å². The van der Waals surface area contributed by atoms with Gasteiger partial charge in [-0.3, -0.25) is 4.79 Å². The van der Waals surface area contributed by atoms with E-state index < -0.39 is 0 Å². The van der Waals surface area contributed by atoms with Gasteiger partial charge in [0.2, 0.25) is 5.91 Å². The van der Waals surface area contributed by atoms with Gasteiger partial charge in [0.25, 0.3) is 0 Å². The standard InChI is InChI=1S/C27H43BrN2O3/c1-21(31)30(17-18-32-2)25-8-6-22(7-9-25)5-4-14-29-15-12-23(13-16-29)19-24-20-26(33-3)10-11-27(24)28/h10-11,20,22-23,25H,4-9,12-19H2,1-3H3. The molecule has 0 bridgehead atoms. The van der Waals surface area contributed by atoms with Gasteiger partial charge in [-0.15, -0.1) is 0 Å². The van der Waals surface area contributed by atoms with Gasteiger partial charge in [-0.05, 0) is 113 Å². The van der Waals surface area contributed by atoms with Crippen LogP contribution in [0.15, 0.2) is 22.7 Å². The molecule has 6 heteroatoms. The fraction of sp³-hybridized carbons (Fsp3) is 0.741. The Morgan fingerprint density at radius 1 is 1.09 bits per heavy atom. The van der Waals surface area contributed by atoms with Crippen molar-refractivity contribution in [1.29, 1.82) is 0 Å². The molecule has 1 aliphatic carbocycles. The van der Waals surface area contributed by atoms with Crippen LogP contribution >= 0.6 is 15.9 Å². The molecular weight excluding hydrogens is 480 g/mol. The lowest BCUT2D eigenvalue weighted by molar-refractivity contribution is -0.132. The number of nitrogens with zero attached hydrogens (tertiary/aromatic N) is 2. The number of hydrogen-bond acceptors (Lipinski definition) is 4. The minimum absolute atomic E-state index is 0.192. The average Bonchev–Trinajstić information content (AvgIpc) is 2.82. The number of benzene rings is 1. The summed E-state index contributed by atoms with van der Waals surface area (Å²) in [5.41, 5.74) is 1.37. The van der Waals surface area contributed by atoms with Crippen molar-refractivity contribution >= 4 is 21.8 Å². The summed E-state index contributed by atoms with van der Waals surface area (Å²) in [7, 11) is 3.44. The highest BCUT2D eigenvalue weighted by atomic mass is 79.9. The van der Waals surface area contributed by atoms with Crippen LogP contribution < -0.4 is 4.74 Å². The van der Waals surface area contributed by atoms with Gasteiger partial charge < -0.3 is 19.3 Å². The van der Waals surface area contributed by atoms with E-state index in [0.29, 0.717) is 12.6 Å². The lowest BCUT2D eigenvalue weighted by Gasteiger charge is -2.37. The molecule has 2 fully saturated rings. The van der Waals surface area contributed by atoms with Crippen LogP contribution in [0.4, 0.5) is 0 Å². The summed E-state index contributed by atoms with van der Waals surface area (Å²) in [6.07, 6.45) is 11.2. The number of hydrogen-bond donors (Lipinski definition) is 0. The zero-order valence-electron chi connectivity index (χ0n) is 20.9. The lowest BCUT2D eigenvalue weighted by Crippen LogP contribution is -2.43. The summed E-state index contributed by atoms with van der Waals surface area (Å²) >= 11 is 3.71. The van der Waals surface area contributed by atoms with Crippen LogP contribution in [0.3, 0.4) is 0 Å². The van der Waals surface area contributed by atoms with Crippen LogP contribution in [0.25, 0.3) is 0 Å². The van der Waals surface area contributed by atoms with Crippen molar-refractivity contribution in [3.63, 3.8) is 0 Å². The van der Waals surface area contributed by atoms with Crippen LogP contribution in [0, 0.1) is 11.8 Å². The molecule has 0 N–H and O–H groups in total. The van der Waals surface area contributed by atoms with Gasteiger partial charge in [0, 0.05) is 31.1 Å². The molecule has 0 radical (unpaired) electrons. The molecule has 0 spiro atoms. The summed E-state index contributed by atoms with van der Waals surface area (Å²) in [6.45, 7) is 6.75. The second kappa shape index (κ2) is 13.7. The second-order valence-electron chi connectivity index (χ2n) is 9.97. The number of halogens is 1. The van der Waals surface area contributed by atoms with Gasteiger partial charge in [0.05, 0.1) is 13.7 Å². The molecule has 0 aromatic heterocycles. The Morgan fingerprint density at radius 3 is 2.45 bits per heavy atom. The van der Waals surface area contributed by atoms with E-state index in [4.69, 9.17) is 9.47 Å². The number of likely N-dealkylation sites (tertiary alicyclic amines) is 1. The van der Waals surface area contributed by atoms with Crippen molar-refractivity contribution in [1.82, 2.24) is 9.80 Å². The van der Waals surface area contributed by atoms with Crippen molar-refractivity contribution in [3.05, 3.63) is 28.2 Å². The number of carbonyl (C=O) groups is 1. The van der Waals surface area contributed by atoms with Crippen LogP contribution in [-0.2, 0) is 16.0 Å². The Balaban J connectivity index is 1.32. The van der Waals surface area contributed by atoms with Crippen molar-refractivity contribution in [3.8, 4) is 5.75 Å². The maximum absolute atomic E-state index is 12.0. The highest BCUT2D eigenvalue weighted by Gasteiger charge is 2.27. The Hall–Kier alpha value is -1.11. The zero-order chi connectivity index (χ0) is 23.6. The van der Waals surface area contributed by atoms with Crippen LogP contribution in [-0.4, -0.2) is 68.8 Å². The quantitative estimate of drug-likeness (QED) is 0.382. The number of piperidine rings is 1. The molecule has 5 nitrogen and oxygen atoms in total. The Labute approximate surface area is 209 Å². The molecule has 1 saturated carbocycles. The fourth-order valence-corrected chi connectivity index (χ4v) is 6.10. The number of rotatable bonds is 11. The lowest BCUT2D eigenvalue weighted by atomic mass is 9.82. The van der Waals surface area contributed by atoms with E-state index in [-0.39, 0.29) is 5.91 Å². The van der Waals surface area contributed by atoms with Crippen LogP contribution in [0.1, 0.15) is 63.9 Å². The van der Waals surface area contributed by atoms with Gasteiger partial charge in [-0.25, -0.2) is 0 Å². The first kappa shape index (κ1) is 26.5. The molecule has 33 heavy (non-hydrogen) atoms. The topological polar surface area (TPSA) is 42.0 Å². The van der Waals surface area contributed by atoms with Gasteiger partial charge in [-0.2, -0.15) is 0 Å². The normalized spacial score (nSPS) is 22.3. The fourth-order valence-electron chi connectivity index (χ4n) is 5.70. The third kappa shape index (κ3) is 8.25. The third-order valence-electron chi connectivity index (χ3n) is 7.75. The number of ether oxygens (including phenoxy) is 2. The van der Waals surface area contributed by atoms with Gasteiger partial charge in [0.15, 0.2) is 0 Å². The molecule has 0 atom stereocenters. The minimum Gasteiger partial charge on any atom is -0.497 e. The first-order valence-corrected chi connectivity index (χ1v) is 13.6. The summed E-state index contributed by atoms with van der Waals surface area (Å²) in [4.78, 5) is 16.7. The molecule has 1 amide bonds. The second-order valence-corrected chi connectivity index (χ2v) is 10.8. The molecule has 0 unspecified atom stereocenters. The molecule has 3 rings (SSSR count). The Morgan fingerprint density at radius 2 is 1.82 bits per heavy atom. The SMILES string of the molecule is COCCN(C(C)=O)C1CCC(CCCN2CCC(Cc3cc(OC)ccc3Br)CC2)CC1. The monoisotopic (exact) mass is 522 g/mol. The van der Waals surface area contributed by atoms with Crippen LogP contribution in [0.5, 0.6) is 5.75 Å². The maximum Gasteiger partial charge on any atom is 0.219 e. The predicted molar refractivity (Wildman–Crippen MR) is 138 cm³/mol. The highest BCUT2D eigenvalue weighted by molar-refractivity contribution is 9.10. The summed E-state index contributed by atoms with van der Waals surface area (Å²) in [6, 6.07) is 6.72. The van der Waals surface area contributed by atoms with Crippen molar-refractivity contribution in [2.24, 2.45) is 11.8 Å². The van der Waals surface area contributed by atoms with Gasteiger partial charge in [-0.1, -0.05) is 15.9 Å². The molecule has 1 aliphatic heterocycles.